The predicted molar refractivity (Wildman–Crippen MR) is 86.9 cm³/mol. The average Bonchev–Trinajstić information content (AvgIpc) is 2.92. The fourth-order valence-electron chi connectivity index (χ4n) is 1.72. The molecule has 0 saturated carbocycles. The van der Waals surface area contributed by atoms with Crippen molar-refractivity contribution in [1.29, 1.82) is 0 Å². The smallest absolute Gasteiger partial charge is 0.258 e. The first kappa shape index (κ1) is 16.7. The highest BCUT2D eigenvalue weighted by atomic mass is 32.2. The van der Waals surface area contributed by atoms with Crippen molar-refractivity contribution < 1.29 is 14.3 Å². The van der Waals surface area contributed by atoms with E-state index in [0.717, 1.165) is 16.4 Å². The highest BCUT2D eigenvalue weighted by Crippen LogP contribution is 2.29. The van der Waals surface area contributed by atoms with Crippen LogP contribution < -0.4 is 31.9 Å². The van der Waals surface area contributed by atoms with Gasteiger partial charge in [-0.3, -0.25) is 10.2 Å². The molecule has 10 nitrogen and oxygen atoms in total. The number of aromatic nitrogens is 3. The van der Waals surface area contributed by atoms with Gasteiger partial charge in [-0.05, 0) is 12.1 Å². The van der Waals surface area contributed by atoms with Gasteiger partial charge in [0.15, 0.2) is 11.5 Å². The molecule has 0 unspecified atom stereocenters. The molecule has 6 N–H and O–H groups in total. The van der Waals surface area contributed by atoms with Crippen molar-refractivity contribution in [3.63, 3.8) is 0 Å². The van der Waals surface area contributed by atoms with Crippen LogP contribution in [0.15, 0.2) is 23.4 Å². The van der Waals surface area contributed by atoms with Crippen LogP contribution in [-0.2, 0) is 4.79 Å². The van der Waals surface area contributed by atoms with Crippen molar-refractivity contribution in [2.75, 3.05) is 36.6 Å². The largest absolute Gasteiger partial charge is 0.493 e. The molecule has 124 valence electrons. The normalized spacial score (nSPS) is 10.2. The van der Waals surface area contributed by atoms with Crippen molar-refractivity contribution in [2.45, 2.75) is 5.16 Å². The number of benzene rings is 1. The standard InChI is InChI=1S/C12H17N7O3S/c1-21-8-4-3-7(5-9(8)22-2)15-10(20)6-23-12-18-17-11(16-13)19(12)14/h3-5H,6,13-14H2,1-2H3,(H,15,20)(H,16,17). The number of thioether (sulfide) groups is 1. The SMILES string of the molecule is COc1ccc(NC(=O)CSc2nnc(NN)n2N)cc1OC. The Morgan fingerprint density at radius 3 is 2.65 bits per heavy atom. The van der Waals surface area contributed by atoms with Gasteiger partial charge in [0.1, 0.15) is 0 Å². The van der Waals surface area contributed by atoms with Gasteiger partial charge >= 0.3 is 0 Å². The zero-order valence-corrected chi connectivity index (χ0v) is 13.4. The van der Waals surface area contributed by atoms with Gasteiger partial charge in [0.05, 0.1) is 20.0 Å². The summed E-state index contributed by atoms with van der Waals surface area (Å²) in [5, 5.41) is 10.6. The Morgan fingerprint density at radius 1 is 1.30 bits per heavy atom. The Morgan fingerprint density at radius 2 is 2.04 bits per heavy atom. The summed E-state index contributed by atoms with van der Waals surface area (Å²) in [6.07, 6.45) is 0. The van der Waals surface area contributed by atoms with Gasteiger partial charge in [0.2, 0.25) is 11.1 Å². The molecule has 0 bridgehead atoms. The van der Waals surface area contributed by atoms with E-state index in [1.54, 1.807) is 25.3 Å². The third-order valence-electron chi connectivity index (χ3n) is 2.79. The van der Waals surface area contributed by atoms with Crippen LogP contribution in [0.1, 0.15) is 0 Å². The summed E-state index contributed by atoms with van der Waals surface area (Å²) in [5.74, 6) is 12.1. The van der Waals surface area contributed by atoms with E-state index >= 15 is 0 Å². The van der Waals surface area contributed by atoms with Gasteiger partial charge in [-0.1, -0.05) is 11.8 Å². The third kappa shape index (κ3) is 3.96. The van der Waals surface area contributed by atoms with E-state index in [9.17, 15) is 4.79 Å². The Balaban J connectivity index is 1.95. The van der Waals surface area contributed by atoms with E-state index in [1.807, 2.05) is 0 Å². The Bertz CT molecular complexity index is 691. The predicted octanol–water partition coefficient (Wildman–Crippen LogP) is 0.0255. The van der Waals surface area contributed by atoms with Crippen LogP contribution in [0, 0.1) is 0 Å². The van der Waals surface area contributed by atoms with Crippen LogP contribution in [0.2, 0.25) is 0 Å². The lowest BCUT2D eigenvalue weighted by Crippen LogP contribution is -2.19. The first-order valence-electron chi connectivity index (χ1n) is 6.40. The van der Waals surface area contributed by atoms with Crippen LogP contribution in [0.4, 0.5) is 11.6 Å². The van der Waals surface area contributed by atoms with E-state index in [0.29, 0.717) is 22.3 Å². The fraction of sp³-hybridized carbons (Fsp3) is 0.250. The fourth-order valence-corrected chi connectivity index (χ4v) is 2.37. The van der Waals surface area contributed by atoms with Crippen LogP contribution in [0.3, 0.4) is 0 Å². The van der Waals surface area contributed by atoms with Gasteiger partial charge in [-0.2, -0.15) is 0 Å². The Labute approximate surface area is 136 Å². The number of amides is 1. The molecular formula is C12H17N7O3S. The van der Waals surface area contributed by atoms with Crippen molar-refractivity contribution in [1.82, 2.24) is 14.9 Å². The third-order valence-corrected chi connectivity index (χ3v) is 3.74. The Kier molecular flexibility index (Phi) is 5.49. The van der Waals surface area contributed by atoms with E-state index in [4.69, 9.17) is 21.2 Å². The molecule has 0 aliphatic rings. The number of carbonyl (C=O) groups is 1. The minimum Gasteiger partial charge on any atom is -0.493 e. The Hall–Kier alpha value is -2.66. The van der Waals surface area contributed by atoms with Gasteiger partial charge in [-0.25, -0.2) is 10.5 Å². The lowest BCUT2D eigenvalue weighted by molar-refractivity contribution is -0.113. The molecule has 23 heavy (non-hydrogen) atoms. The summed E-state index contributed by atoms with van der Waals surface area (Å²) in [7, 11) is 3.07. The topological polar surface area (TPSA) is 142 Å². The number of nitrogen functional groups attached to an aromatic ring is 2. The average molecular weight is 339 g/mol. The van der Waals surface area contributed by atoms with Crippen LogP contribution in [0.25, 0.3) is 0 Å². The number of nitrogens with zero attached hydrogens (tertiary/aromatic N) is 3. The summed E-state index contributed by atoms with van der Waals surface area (Å²) < 4.78 is 11.5. The van der Waals surface area contributed by atoms with Crippen LogP contribution in [-0.4, -0.2) is 40.8 Å². The van der Waals surface area contributed by atoms with Gasteiger partial charge in [0.25, 0.3) is 5.95 Å². The van der Waals surface area contributed by atoms with E-state index in [-0.39, 0.29) is 17.6 Å². The zero-order valence-electron chi connectivity index (χ0n) is 12.6. The van der Waals surface area contributed by atoms with Gasteiger partial charge in [0, 0.05) is 11.8 Å². The monoisotopic (exact) mass is 339 g/mol. The van der Waals surface area contributed by atoms with E-state index in [2.05, 4.69) is 20.9 Å². The summed E-state index contributed by atoms with van der Waals surface area (Å²) in [5.41, 5.74) is 2.88. The highest BCUT2D eigenvalue weighted by molar-refractivity contribution is 7.99. The number of hydrazine groups is 1. The number of hydrogen-bond acceptors (Lipinski definition) is 9. The molecule has 0 fully saturated rings. The van der Waals surface area contributed by atoms with Crippen molar-refractivity contribution in [3.8, 4) is 11.5 Å². The van der Waals surface area contributed by atoms with E-state index < -0.39 is 0 Å². The molecule has 2 aromatic rings. The number of hydrogen-bond donors (Lipinski definition) is 4. The summed E-state index contributed by atoms with van der Waals surface area (Å²) in [6, 6.07) is 5.09. The molecule has 0 aliphatic carbocycles. The number of ether oxygens (including phenoxy) is 2. The van der Waals surface area contributed by atoms with Crippen LogP contribution >= 0.6 is 11.8 Å². The molecular weight excluding hydrogens is 322 g/mol. The summed E-state index contributed by atoms with van der Waals surface area (Å²) >= 11 is 1.13. The molecule has 1 aromatic heterocycles. The molecule has 2 rings (SSSR count). The molecule has 0 spiro atoms. The van der Waals surface area contributed by atoms with Crippen molar-refractivity contribution in [3.05, 3.63) is 18.2 Å². The number of anilines is 2. The minimum atomic E-state index is -0.229. The quantitative estimate of drug-likeness (QED) is 0.312. The molecule has 0 saturated heterocycles. The second-order valence-electron chi connectivity index (χ2n) is 4.23. The first-order valence-corrected chi connectivity index (χ1v) is 7.39. The number of carbonyl (C=O) groups excluding carboxylic acids is 1. The number of rotatable bonds is 7. The van der Waals surface area contributed by atoms with Gasteiger partial charge in [-0.15, -0.1) is 10.2 Å². The second kappa shape index (κ2) is 7.56. The molecule has 0 radical (unpaired) electrons. The maximum atomic E-state index is 12.0. The molecule has 1 aromatic carbocycles. The highest BCUT2D eigenvalue weighted by Gasteiger charge is 2.12. The maximum Gasteiger partial charge on any atom is 0.258 e. The number of nitrogens with one attached hydrogen (secondary N) is 2. The molecule has 0 atom stereocenters. The van der Waals surface area contributed by atoms with Crippen molar-refractivity contribution >= 4 is 29.3 Å². The summed E-state index contributed by atoms with van der Waals surface area (Å²) in [6.45, 7) is 0. The zero-order chi connectivity index (χ0) is 16.8. The summed E-state index contributed by atoms with van der Waals surface area (Å²) in [4.78, 5) is 12.0. The van der Waals surface area contributed by atoms with Crippen molar-refractivity contribution in [2.24, 2.45) is 5.84 Å². The van der Waals surface area contributed by atoms with Crippen LogP contribution in [0.5, 0.6) is 11.5 Å². The molecule has 11 heteroatoms. The molecule has 1 heterocycles. The van der Waals surface area contributed by atoms with Gasteiger partial charge < -0.3 is 20.6 Å². The number of methoxy groups -OCH3 is 2. The number of nitrogens with two attached hydrogens (primary N) is 2. The van der Waals surface area contributed by atoms with E-state index in [1.165, 1.54) is 7.11 Å². The molecule has 0 aliphatic heterocycles. The minimum absolute atomic E-state index is 0.105. The lowest BCUT2D eigenvalue weighted by atomic mass is 10.2. The maximum absolute atomic E-state index is 12.0. The first-order chi connectivity index (χ1) is 11.1. The second-order valence-corrected chi connectivity index (χ2v) is 5.17. The lowest BCUT2D eigenvalue weighted by Gasteiger charge is -2.10. The molecule has 1 amide bonds.